The monoisotopic (exact) mass is 599 g/mol. The fourth-order valence-electron chi connectivity index (χ4n) is 4.19. The fourth-order valence-corrected chi connectivity index (χ4v) is 5.62. The van der Waals surface area contributed by atoms with Crippen LogP contribution in [0.25, 0.3) is 0 Å². The summed E-state index contributed by atoms with van der Waals surface area (Å²) >= 11 is 0. The van der Waals surface area contributed by atoms with Crippen LogP contribution in [-0.2, 0) is 26.2 Å². The van der Waals surface area contributed by atoms with Crippen molar-refractivity contribution >= 4 is 27.5 Å². The minimum absolute atomic E-state index is 0.0610. The highest BCUT2D eigenvalue weighted by Crippen LogP contribution is 2.32. The van der Waals surface area contributed by atoms with Gasteiger partial charge < -0.3 is 19.7 Å². The summed E-state index contributed by atoms with van der Waals surface area (Å²) in [6.07, 6.45) is 0. The summed E-state index contributed by atoms with van der Waals surface area (Å²) in [5, 5.41) is 2.89. The number of halogens is 1. The minimum Gasteiger partial charge on any atom is -0.493 e. The first-order valence-electron chi connectivity index (χ1n) is 13.3. The molecule has 0 saturated heterocycles. The minimum atomic E-state index is -4.38. The number of ether oxygens (including phenoxy) is 2. The molecule has 0 radical (unpaired) electrons. The van der Waals surface area contributed by atoms with Crippen molar-refractivity contribution in [2.24, 2.45) is 0 Å². The van der Waals surface area contributed by atoms with Crippen molar-refractivity contribution in [2.45, 2.75) is 57.6 Å². The SMILES string of the molecule is COc1ccc(S(=O)(=O)N(CC(=O)N(Cc2ccc(C)cc2)[C@H](C)C(=O)NC(C)(C)C)c2ccc(F)cc2)cc1OC. The van der Waals surface area contributed by atoms with Crippen LogP contribution in [0.4, 0.5) is 10.1 Å². The Morgan fingerprint density at radius 2 is 1.52 bits per heavy atom. The summed E-state index contributed by atoms with van der Waals surface area (Å²) in [6.45, 7) is 8.43. The van der Waals surface area contributed by atoms with Crippen molar-refractivity contribution in [1.29, 1.82) is 0 Å². The van der Waals surface area contributed by atoms with E-state index in [4.69, 9.17) is 9.47 Å². The van der Waals surface area contributed by atoms with Gasteiger partial charge in [-0.15, -0.1) is 0 Å². The molecule has 1 atom stereocenters. The zero-order valence-electron chi connectivity index (χ0n) is 25.0. The number of hydrogen-bond donors (Lipinski definition) is 1. The Hall–Kier alpha value is -4.12. The van der Waals surface area contributed by atoms with Gasteiger partial charge in [-0.05, 0) is 76.6 Å². The Bertz CT molecular complexity index is 1500. The van der Waals surface area contributed by atoms with Gasteiger partial charge in [0.2, 0.25) is 11.8 Å². The van der Waals surface area contributed by atoms with Crippen molar-refractivity contribution in [1.82, 2.24) is 10.2 Å². The van der Waals surface area contributed by atoms with Gasteiger partial charge in [-0.25, -0.2) is 12.8 Å². The van der Waals surface area contributed by atoms with Crippen LogP contribution in [0.1, 0.15) is 38.8 Å². The summed E-state index contributed by atoms with van der Waals surface area (Å²) in [5.74, 6) is -1.08. The Balaban J connectivity index is 2.07. The van der Waals surface area contributed by atoms with Gasteiger partial charge in [0.25, 0.3) is 10.0 Å². The number of carbonyl (C=O) groups excluding carboxylic acids is 2. The molecule has 3 aromatic rings. The predicted molar refractivity (Wildman–Crippen MR) is 160 cm³/mol. The molecule has 0 fully saturated rings. The van der Waals surface area contributed by atoms with Gasteiger partial charge in [-0.3, -0.25) is 13.9 Å². The van der Waals surface area contributed by atoms with Gasteiger partial charge in [0.15, 0.2) is 11.5 Å². The van der Waals surface area contributed by atoms with E-state index in [1.165, 1.54) is 49.5 Å². The van der Waals surface area contributed by atoms with Crippen molar-refractivity contribution in [3.63, 3.8) is 0 Å². The van der Waals surface area contributed by atoms with Crippen LogP contribution < -0.4 is 19.1 Å². The molecule has 0 heterocycles. The van der Waals surface area contributed by atoms with E-state index in [0.717, 1.165) is 27.6 Å². The molecule has 1 N–H and O–H groups in total. The maximum atomic E-state index is 14.0. The number of aryl methyl sites for hydroxylation is 1. The van der Waals surface area contributed by atoms with E-state index in [9.17, 15) is 22.4 Å². The third-order valence-electron chi connectivity index (χ3n) is 6.48. The van der Waals surface area contributed by atoms with Crippen LogP contribution in [-0.4, -0.2) is 57.5 Å². The number of methoxy groups -OCH3 is 2. The molecule has 9 nitrogen and oxygen atoms in total. The molecule has 2 amide bonds. The Kier molecular flexibility index (Phi) is 10.2. The number of anilines is 1. The number of nitrogens with zero attached hydrogens (tertiary/aromatic N) is 2. The molecule has 42 heavy (non-hydrogen) atoms. The van der Waals surface area contributed by atoms with Crippen molar-refractivity contribution < 1.29 is 31.9 Å². The average molecular weight is 600 g/mol. The predicted octanol–water partition coefficient (Wildman–Crippen LogP) is 4.68. The van der Waals surface area contributed by atoms with Gasteiger partial charge in [-0.2, -0.15) is 0 Å². The molecule has 0 spiro atoms. The van der Waals surface area contributed by atoms with Crippen molar-refractivity contribution in [3.05, 3.63) is 83.7 Å². The number of benzene rings is 3. The molecule has 3 aromatic carbocycles. The lowest BCUT2D eigenvalue weighted by molar-refractivity contribution is -0.140. The summed E-state index contributed by atoms with van der Waals surface area (Å²) in [7, 11) is -1.58. The van der Waals surface area contributed by atoms with E-state index in [1.807, 2.05) is 52.0 Å². The van der Waals surface area contributed by atoms with E-state index in [-0.39, 0.29) is 28.8 Å². The van der Waals surface area contributed by atoms with E-state index in [0.29, 0.717) is 5.75 Å². The highest BCUT2D eigenvalue weighted by atomic mass is 32.2. The summed E-state index contributed by atoms with van der Waals surface area (Å²) < 4.78 is 53.3. The topological polar surface area (TPSA) is 105 Å². The molecule has 0 aliphatic carbocycles. The largest absolute Gasteiger partial charge is 0.493 e. The number of rotatable bonds is 11. The number of nitrogens with one attached hydrogen (secondary N) is 1. The van der Waals surface area contributed by atoms with Crippen LogP contribution in [0.5, 0.6) is 11.5 Å². The Morgan fingerprint density at radius 1 is 0.929 bits per heavy atom. The lowest BCUT2D eigenvalue weighted by Crippen LogP contribution is -2.54. The molecule has 0 saturated carbocycles. The highest BCUT2D eigenvalue weighted by molar-refractivity contribution is 7.92. The van der Waals surface area contributed by atoms with Gasteiger partial charge in [0.05, 0.1) is 24.8 Å². The molecule has 11 heteroatoms. The van der Waals surface area contributed by atoms with E-state index >= 15 is 0 Å². The normalized spacial score (nSPS) is 12.3. The van der Waals surface area contributed by atoms with Crippen LogP contribution in [0.15, 0.2) is 71.6 Å². The molecule has 0 unspecified atom stereocenters. The highest BCUT2D eigenvalue weighted by Gasteiger charge is 2.33. The lowest BCUT2D eigenvalue weighted by atomic mass is 10.1. The molecule has 226 valence electrons. The van der Waals surface area contributed by atoms with Crippen molar-refractivity contribution in [3.8, 4) is 11.5 Å². The Morgan fingerprint density at radius 3 is 2.07 bits per heavy atom. The third-order valence-corrected chi connectivity index (χ3v) is 8.25. The van der Waals surface area contributed by atoms with E-state index < -0.39 is 39.9 Å². The zero-order valence-corrected chi connectivity index (χ0v) is 25.8. The number of hydrogen-bond acceptors (Lipinski definition) is 6. The second-order valence-corrected chi connectivity index (χ2v) is 12.8. The maximum absolute atomic E-state index is 14.0. The first kappa shape index (κ1) is 32.4. The van der Waals surface area contributed by atoms with Crippen LogP contribution in [0, 0.1) is 12.7 Å². The summed E-state index contributed by atoms with van der Waals surface area (Å²) in [6, 6.07) is 15.4. The quantitative estimate of drug-likeness (QED) is 0.343. The first-order chi connectivity index (χ1) is 19.7. The average Bonchev–Trinajstić information content (AvgIpc) is 2.94. The van der Waals surface area contributed by atoms with Gasteiger partial charge in [-0.1, -0.05) is 29.8 Å². The van der Waals surface area contributed by atoms with Crippen LogP contribution in [0.2, 0.25) is 0 Å². The van der Waals surface area contributed by atoms with E-state index in [1.54, 1.807) is 6.92 Å². The summed E-state index contributed by atoms with van der Waals surface area (Å²) in [4.78, 5) is 28.4. The smallest absolute Gasteiger partial charge is 0.264 e. The van der Waals surface area contributed by atoms with Gasteiger partial charge in [0.1, 0.15) is 18.4 Å². The molecule has 0 aromatic heterocycles. The maximum Gasteiger partial charge on any atom is 0.264 e. The molecular formula is C31H38FN3O6S. The third kappa shape index (κ3) is 8.00. The van der Waals surface area contributed by atoms with Crippen molar-refractivity contribution in [2.75, 3.05) is 25.1 Å². The fraction of sp³-hybridized carbons (Fsp3) is 0.355. The Labute approximate surface area is 247 Å². The first-order valence-corrected chi connectivity index (χ1v) is 14.8. The summed E-state index contributed by atoms with van der Waals surface area (Å²) in [5.41, 5.74) is 1.31. The van der Waals surface area contributed by atoms with Gasteiger partial charge in [0, 0.05) is 18.2 Å². The lowest BCUT2D eigenvalue weighted by Gasteiger charge is -2.33. The van der Waals surface area contributed by atoms with Crippen LogP contribution >= 0.6 is 0 Å². The molecule has 3 rings (SSSR count). The van der Waals surface area contributed by atoms with E-state index in [2.05, 4.69) is 5.32 Å². The zero-order chi connectivity index (χ0) is 31.2. The molecule has 0 aliphatic rings. The number of amides is 2. The number of sulfonamides is 1. The second-order valence-electron chi connectivity index (χ2n) is 10.9. The standard InChI is InChI=1S/C31H38FN3O6S/c1-21-8-10-23(11-9-21)19-34(22(2)30(37)33-31(3,4)5)29(36)20-35(25-14-12-24(32)13-15-25)42(38,39)26-16-17-27(40-6)28(18-26)41-7/h8-18,22H,19-20H2,1-7H3,(H,33,37)/t22-/m1/s1. The molecule has 0 aliphatic heterocycles. The molecular weight excluding hydrogens is 561 g/mol. The molecule has 0 bridgehead atoms. The van der Waals surface area contributed by atoms with Gasteiger partial charge >= 0.3 is 0 Å². The number of carbonyl (C=O) groups is 2. The van der Waals surface area contributed by atoms with Crippen LogP contribution in [0.3, 0.4) is 0 Å². The second kappa shape index (κ2) is 13.2.